The number of morpholine rings is 1. The minimum absolute atomic E-state index is 0.141. The molecule has 0 bridgehead atoms. The number of carbonyl (C=O) groups excluding carboxylic acids is 1. The van der Waals surface area contributed by atoms with Gasteiger partial charge in [-0.3, -0.25) is 14.6 Å². The van der Waals surface area contributed by atoms with Crippen molar-refractivity contribution in [3.05, 3.63) is 42.0 Å². The second kappa shape index (κ2) is 12.2. The monoisotopic (exact) mass is 547 g/mol. The average molecular weight is 548 g/mol. The molecule has 3 aromatic rings. The molecule has 37 heavy (non-hydrogen) atoms. The van der Waals surface area contributed by atoms with Crippen LogP contribution in [-0.4, -0.2) is 83.6 Å². The van der Waals surface area contributed by atoms with Crippen LogP contribution in [0.4, 0.5) is 5.13 Å². The zero-order valence-corrected chi connectivity index (χ0v) is 23.1. The molecule has 200 valence electrons. The lowest BCUT2D eigenvalue weighted by molar-refractivity contribution is -0.118. The van der Waals surface area contributed by atoms with Gasteiger partial charge in [0.15, 0.2) is 15.0 Å². The summed E-state index contributed by atoms with van der Waals surface area (Å²) in [5, 5.41) is 0.498. The SMILES string of the molecule is COc1ccc(OC)c2sc(N(CCCN3CCOCC3)C(=O)CCS(=O)(=O)c3ccc(C)cc3)nc12. The van der Waals surface area contributed by atoms with E-state index in [0.29, 0.717) is 41.9 Å². The van der Waals surface area contributed by atoms with Gasteiger partial charge in [-0.1, -0.05) is 29.0 Å². The number of hydrogen-bond donors (Lipinski definition) is 0. The van der Waals surface area contributed by atoms with Crippen LogP contribution in [0.25, 0.3) is 10.2 Å². The first-order valence-electron chi connectivity index (χ1n) is 12.2. The summed E-state index contributed by atoms with van der Waals surface area (Å²) >= 11 is 1.34. The van der Waals surface area contributed by atoms with Crippen LogP contribution in [0.3, 0.4) is 0 Å². The second-order valence-electron chi connectivity index (χ2n) is 8.88. The van der Waals surface area contributed by atoms with Crippen LogP contribution in [-0.2, 0) is 19.4 Å². The average Bonchev–Trinajstić information content (AvgIpc) is 3.35. The lowest BCUT2D eigenvalue weighted by atomic mass is 10.2. The van der Waals surface area contributed by atoms with E-state index in [9.17, 15) is 13.2 Å². The van der Waals surface area contributed by atoms with Crippen molar-refractivity contribution in [3.8, 4) is 11.5 Å². The number of methoxy groups -OCH3 is 2. The number of anilines is 1. The van der Waals surface area contributed by atoms with Gasteiger partial charge in [-0.15, -0.1) is 0 Å². The van der Waals surface area contributed by atoms with E-state index in [-0.39, 0.29) is 23.0 Å². The highest BCUT2D eigenvalue weighted by Gasteiger charge is 2.25. The summed E-state index contributed by atoms with van der Waals surface area (Å²) in [4.78, 5) is 22.3. The van der Waals surface area contributed by atoms with Crippen LogP contribution >= 0.6 is 11.3 Å². The highest BCUT2D eigenvalue weighted by molar-refractivity contribution is 7.91. The fraction of sp³-hybridized carbons (Fsp3) is 0.462. The molecular formula is C26H33N3O6S2. The Morgan fingerprint density at radius 1 is 1.08 bits per heavy atom. The number of carbonyl (C=O) groups is 1. The zero-order valence-electron chi connectivity index (χ0n) is 21.4. The second-order valence-corrected chi connectivity index (χ2v) is 12.0. The first-order chi connectivity index (χ1) is 17.8. The molecule has 1 fully saturated rings. The Balaban J connectivity index is 1.56. The topological polar surface area (TPSA) is 98.3 Å². The Morgan fingerprint density at radius 3 is 2.43 bits per heavy atom. The molecule has 1 aliphatic heterocycles. The lowest BCUT2D eigenvalue weighted by Gasteiger charge is -2.27. The van der Waals surface area contributed by atoms with Crippen LogP contribution in [0.1, 0.15) is 18.4 Å². The minimum Gasteiger partial charge on any atom is -0.495 e. The van der Waals surface area contributed by atoms with Gasteiger partial charge in [0.2, 0.25) is 5.91 Å². The van der Waals surface area contributed by atoms with Gasteiger partial charge < -0.3 is 14.2 Å². The third-order valence-electron chi connectivity index (χ3n) is 6.36. The van der Waals surface area contributed by atoms with E-state index in [0.717, 1.165) is 36.3 Å². The Bertz CT molecular complexity index is 1280. The highest BCUT2D eigenvalue weighted by Crippen LogP contribution is 2.40. The Kier molecular flexibility index (Phi) is 9.01. The molecule has 2 aromatic carbocycles. The summed E-state index contributed by atoms with van der Waals surface area (Å²) in [5.41, 5.74) is 1.59. The molecule has 9 nitrogen and oxygen atoms in total. The summed E-state index contributed by atoms with van der Waals surface area (Å²) in [5.74, 6) is 0.671. The van der Waals surface area contributed by atoms with Crippen LogP contribution in [0.2, 0.25) is 0 Å². The van der Waals surface area contributed by atoms with E-state index in [2.05, 4.69) is 4.90 Å². The number of ether oxygens (including phenoxy) is 3. The van der Waals surface area contributed by atoms with Gasteiger partial charge in [0.25, 0.3) is 0 Å². The first kappa shape index (κ1) is 27.3. The molecule has 2 heterocycles. The molecule has 1 aliphatic rings. The molecule has 0 unspecified atom stereocenters. The summed E-state index contributed by atoms with van der Waals surface area (Å²) < 4.78 is 43.0. The summed E-state index contributed by atoms with van der Waals surface area (Å²) in [6.07, 6.45) is 0.582. The van der Waals surface area contributed by atoms with Crippen LogP contribution in [0, 0.1) is 6.92 Å². The molecule has 0 saturated carbocycles. The third-order valence-corrected chi connectivity index (χ3v) is 9.18. The Labute approximate surface area is 221 Å². The van der Waals surface area contributed by atoms with Gasteiger partial charge in [0.1, 0.15) is 21.7 Å². The van der Waals surface area contributed by atoms with Crippen molar-refractivity contribution in [2.24, 2.45) is 0 Å². The van der Waals surface area contributed by atoms with Crippen molar-refractivity contribution in [3.63, 3.8) is 0 Å². The number of nitrogens with zero attached hydrogens (tertiary/aromatic N) is 3. The number of fused-ring (bicyclic) bond motifs is 1. The number of hydrogen-bond acceptors (Lipinski definition) is 9. The molecular weight excluding hydrogens is 514 g/mol. The fourth-order valence-electron chi connectivity index (χ4n) is 4.21. The molecule has 0 aliphatic carbocycles. The van der Waals surface area contributed by atoms with Crippen LogP contribution < -0.4 is 14.4 Å². The molecule has 11 heteroatoms. The quantitative estimate of drug-likeness (QED) is 0.360. The number of rotatable bonds is 11. The van der Waals surface area contributed by atoms with Gasteiger partial charge in [0, 0.05) is 32.6 Å². The van der Waals surface area contributed by atoms with Gasteiger partial charge in [0.05, 0.1) is 38.1 Å². The predicted octanol–water partition coefficient (Wildman–Crippen LogP) is 3.54. The summed E-state index contributed by atoms with van der Waals surface area (Å²) in [6, 6.07) is 10.3. The van der Waals surface area contributed by atoms with Crippen molar-refractivity contribution in [1.29, 1.82) is 0 Å². The van der Waals surface area contributed by atoms with Gasteiger partial charge >= 0.3 is 0 Å². The molecule has 0 N–H and O–H groups in total. The molecule has 4 rings (SSSR count). The van der Waals surface area contributed by atoms with Crippen molar-refractivity contribution >= 4 is 42.4 Å². The van der Waals surface area contributed by atoms with Gasteiger partial charge in [-0.05, 0) is 37.6 Å². The van der Waals surface area contributed by atoms with E-state index >= 15 is 0 Å². The predicted molar refractivity (Wildman–Crippen MR) is 145 cm³/mol. The van der Waals surface area contributed by atoms with Gasteiger partial charge in [-0.25, -0.2) is 13.4 Å². The van der Waals surface area contributed by atoms with Gasteiger partial charge in [-0.2, -0.15) is 0 Å². The molecule has 0 atom stereocenters. The van der Waals surface area contributed by atoms with Crippen molar-refractivity contribution < 1.29 is 27.4 Å². The maximum Gasteiger partial charge on any atom is 0.229 e. The smallest absolute Gasteiger partial charge is 0.229 e. The number of amides is 1. The number of aromatic nitrogens is 1. The minimum atomic E-state index is -3.60. The highest BCUT2D eigenvalue weighted by atomic mass is 32.2. The third kappa shape index (κ3) is 6.59. The molecule has 0 radical (unpaired) electrons. The zero-order chi connectivity index (χ0) is 26.4. The van der Waals surface area contributed by atoms with Crippen molar-refractivity contribution in [1.82, 2.24) is 9.88 Å². The standard InChI is InChI=1S/C26H33N3O6S2/c1-19-5-7-20(8-6-19)37(31,32)18-11-23(30)29(13-4-12-28-14-16-35-17-15-28)26-27-24-21(33-2)9-10-22(34-3)25(24)36-26/h5-10H,4,11-18H2,1-3H3. The summed E-state index contributed by atoms with van der Waals surface area (Å²) in [6.45, 7) is 6.26. The van der Waals surface area contributed by atoms with Crippen molar-refractivity contribution in [2.45, 2.75) is 24.7 Å². The van der Waals surface area contributed by atoms with E-state index in [1.54, 1.807) is 49.5 Å². The number of sulfone groups is 1. The van der Waals surface area contributed by atoms with Crippen LogP contribution in [0.5, 0.6) is 11.5 Å². The van der Waals surface area contributed by atoms with E-state index < -0.39 is 9.84 Å². The largest absolute Gasteiger partial charge is 0.495 e. The van der Waals surface area contributed by atoms with Crippen LogP contribution in [0.15, 0.2) is 41.3 Å². The number of aryl methyl sites for hydroxylation is 1. The van der Waals surface area contributed by atoms with E-state index in [4.69, 9.17) is 19.2 Å². The maximum absolute atomic E-state index is 13.5. The maximum atomic E-state index is 13.5. The number of benzene rings is 2. The van der Waals surface area contributed by atoms with Crippen molar-refractivity contribution in [2.75, 3.05) is 64.3 Å². The Morgan fingerprint density at radius 2 is 1.76 bits per heavy atom. The first-order valence-corrected chi connectivity index (χ1v) is 14.7. The Hall–Kier alpha value is -2.73. The molecule has 1 aromatic heterocycles. The molecule has 1 saturated heterocycles. The number of thiazole rings is 1. The molecule has 0 spiro atoms. The normalized spacial score (nSPS) is 14.6. The molecule has 1 amide bonds. The lowest BCUT2D eigenvalue weighted by Crippen LogP contribution is -2.39. The summed E-state index contributed by atoms with van der Waals surface area (Å²) in [7, 11) is -0.442. The fourth-order valence-corrected chi connectivity index (χ4v) is 6.56. The van der Waals surface area contributed by atoms with E-state index in [1.807, 2.05) is 13.0 Å². The van der Waals surface area contributed by atoms with E-state index in [1.165, 1.54) is 11.3 Å².